The van der Waals surface area contributed by atoms with Crippen LogP contribution in [0.2, 0.25) is 0 Å². The molecule has 0 aliphatic rings. The number of aliphatic hydroxyl groups excluding tert-OH is 1. The van der Waals surface area contributed by atoms with Crippen molar-refractivity contribution in [2.24, 2.45) is 5.73 Å². The number of hydrogen-bond acceptors (Lipinski definition) is 2. The van der Waals surface area contributed by atoms with Crippen molar-refractivity contribution in [3.63, 3.8) is 0 Å². The molecule has 74 valence electrons. The summed E-state index contributed by atoms with van der Waals surface area (Å²) in [6.45, 7) is -0.193. The molecule has 2 rings (SSSR count). The van der Waals surface area contributed by atoms with Gasteiger partial charge in [-0.05, 0) is 17.7 Å². The van der Waals surface area contributed by atoms with Gasteiger partial charge in [-0.15, -0.1) is 0 Å². The van der Waals surface area contributed by atoms with Gasteiger partial charge in [0.05, 0.1) is 12.6 Å². The van der Waals surface area contributed by atoms with Gasteiger partial charge in [-0.1, -0.05) is 6.07 Å². The third-order valence-electron chi connectivity index (χ3n) is 2.28. The summed E-state index contributed by atoms with van der Waals surface area (Å²) in [7, 11) is 0. The molecule has 1 unspecified atom stereocenters. The van der Waals surface area contributed by atoms with Crippen molar-refractivity contribution in [3.8, 4) is 0 Å². The fourth-order valence-electron chi connectivity index (χ4n) is 1.56. The molecule has 1 aromatic heterocycles. The predicted octanol–water partition coefficient (Wildman–Crippen LogP) is 1.30. The maximum absolute atomic E-state index is 13.4. The number of hydrogen-bond donors (Lipinski definition) is 3. The lowest BCUT2D eigenvalue weighted by molar-refractivity contribution is 0.268. The van der Waals surface area contributed by atoms with Crippen LogP contribution in [0.4, 0.5) is 4.39 Å². The summed E-state index contributed by atoms with van der Waals surface area (Å²) < 4.78 is 13.4. The second-order valence-corrected chi connectivity index (χ2v) is 3.20. The van der Waals surface area contributed by atoms with Gasteiger partial charge in [0.25, 0.3) is 0 Å². The van der Waals surface area contributed by atoms with Crippen molar-refractivity contribution in [1.82, 2.24) is 4.98 Å². The minimum Gasteiger partial charge on any atom is -0.394 e. The Balaban J connectivity index is 2.67. The Morgan fingerprint density at radius 3 is 3.00 bits per heavy atom. The van der Waals surface area contributed by atoms with Crippen LogP contribution < -0.4 is 5.73 Å². The van der Waals surface area contributed by atoms with E-state index < -0.39 is 6.04 Å². The molecule has 0 amide bonds. The number of fused-ring (bicyclic) bond motifs is 1. The van der Waals surface area contributed by atoms with Crippen molar-refractivity contribution >= 4 is 10.9 Å². The van der Waals surface area contributed by atoms with Crippen LogP contribution >= 0.6 is 0 Å². The van der Waals surface area contributed by atoms with Crippen LogP contribution in [0.1, 0.15) is 11.6 Å². The smallest absolute Gasteiger partial charge is 0.132 e. The van der Waals surface area contributed by atoms with Gasteiger partial charge in [0.15, 0.2) is 0 Å². The highest BCUT2D eigenvalue weighted by Crippen LogP contribution is 2.25. The van der Waals surface area contributed by atoms with Crippen LogP contribution in [0.5, 0.6) is 0 Å². The summed E-state index contributed by atoms with van der Waals surface area (Å²) in [4.78, 5) is 2.91. The van der Waals surface area contributed by atoms with E-state index in [4.69, 9.17) is 10.8 Å². The molecule has 0 fully saturated rings. The fraction of sp³-hybridized carbons (Fsp3) is 0.200. The van der Waals surface area contributed by atoms with Gasteiger partial charge in [0.2, 0.25) is 0 Å². The molecule has 0 saturated carbocycles. The Labute approximate surface area is 80.4 Å². The third kappa shape index (κ3) is 1.29. The number of aromatic amines is 1. The van der Waals surface area contributed by atoms with Crippen molar-refractivity contribution in [2.75, 3.05) is 6.61 Å². The molecule has 14 heavy (non-hydrogen) atoms. The van der Waals surface area contributed by atoms with Gasteiger partial charge in [-0.2, -0.15) is 0 Å². The van der Waals surface area contributed by atoms with Crippen LogP contribution in [-0.2, 0) is 0 Å². The summed E-state index contributed by atoms with van der Waals surface area (Å²) in [6.07, 6.45) is 1.63. The number of nitrogens with one attached hydrogen (secondary N) is 1. The first kappa shape index (κ1) is 9.18. The summed E-state index contributed by atoms with van der Waals surface area (Å²) in [5, 5.41) is 9.36. The average molecular weight is 194 g/mol. The van der Waals surface area contributed by atoms with Crippen LogP contribution in [0.25, 0.3) is 10.9 Å². The zero-order valence-electron chi connectivity index (χ0n) is 7.50. The van der Waals surface area contributed by atoms with Crippen LogP contribution in [0.3, 0.4) is 0 Å². The number of aliphatic hydroxyl groups is 1. The first-order chi connectivity index (χ1) is 6.74. The molecule has 1 heterocycles. The Morgan fingerprint density at radius 2 is 2.29 bits per heavy atom. The van der Waals surface area contributed by atoms with E-state index in [0.717, 1.165) is 0 Å². The average Bonchev–Trinajstić information content (AvgIpc) is 2.62. The number of rotatable bonds is 2. The van der Waals surface area contributed by atoms with E-state index in [1.54, 1.807) is 18.3 Å². The van der Waals surface area contributed by atoms with Gasteiger partial charge < -0.3 is 15.8 Å². The SMILES string of the molecule is NC(CO)c1c[nH]c2cccc(F)c12. The van der Waals surface area contributed by atoms with Gasteiger partial charge in [-0.25, -0.2) is 4.39 Å². The molecule has 0 radical (unpaired) electrons. The normalized spacial score (nSPS) is 13.4. The first-order valence-electron chi connectivity index (χ1n) is 4.36. The Morgan fingerprint density at radius 1 is 1.50 bits per heavy atom. The van der Waals surface area contributed by atoms with Crippen LogP contribution in [0.15, 0.2) is 24.4 Å². The summed E-state index contributed by atoms with van der Waals surface area (Å²) in [5.74, 6) is -0.317. The van der Waals surface area contributed by atoms with E-state index in [-0.39, 0.29) is 12.4 Å². The summed E-state index contributed by atoms with van der Waals surface area (Å²) >= 11 is 0. The van der Waals surface area contributed by atoms with E-state index in [9.17, 15) is 4.39 Å². The fourth-order valence-corrected chi connectivity index (χ4v) is 1.56. The van der Waals surface area contributed by atoms with Crippen molar-refractivity contribution in [1.29, 1.82) is 0 Å². The molecule has 0 bridgehead atoms. The maximum Gasteiger partial charge on any atom is 0.132 e. The molecular formula is C10H11FN2O. The molecule has 4 N–H and O–H groups in total. The Bertz CT molecular complexity index is 452. The van der Waals surface area contributed by atoms with Gasteiger partial charge in [0, 0.05) is 17.1 Å². The zero-order valence-corrected chi connectivity index (χ0v) is 7.50. The number of halogens is 1. The molecule has 1 atom stereocenters. The number of benzene rings is 1. The summed E-state index contributed by atoms with van der Waals surface area (Å²) in [6, 6.07) is 4.23. The van der Waals surface area contributed by atoms with Crippen LogP contribution in [-0.4, -0.2) is 16.7 Å². The molecule has 2 aromatic rings. The minimum absolute atomic E-state index is 0.193. The maximum atomic E-state index is 13.4. The lowest BCUT2D eigenvalue weighted by Crippen LogP contribution is -2.14. The number of nitrogens with two attached hydrogens (primary N) is 1. The molecule has 0 aliphatic heterocycles. The van der Waals surface area contributed by atoms with Crippen molar-refractivity contribution in [2.45, 2.75) is 6.04 Å². The Hall–Kier alpha value is -1.39. The largest absolute Gasteiger partial charge is 0.394 e. The molecule has 4 heteroatoms. The van der Waals surface area contributed by atoms with E-state index in [0.29, 0.717) is 16.5 Å². The van der Waals surface area contributed by atoms with E-state index in [2.05, 4.69) is 4.98 Å². The molecule has 3 nitrogen and oxygen atoms in total. The second-order valence-electron chi connectivity index (χ2n) is 3.20. The Kier molecular flexibility index (Phi) is 2.23. The van der Waals surface area contributed by atoms with Gasteiger partial charge >= 0.3 is 0 Å². The minimum atomic E-state index is -0.541. The zero-order chi connectivity index (χ0) is 10.1. The third-order valence-corrected chi connectivity index (χ3v) is 2.28. The number of H-pyrrole nitrogens is 1. The topological polar surface area (TPSA) is 62.0 Å². The van der Waals surface area contributed by atoms with Crippen molar-refractivity contribution < 1.29 is 9.50 Å². The molecule has 0 spiro atoms. The highest BCUT2D eigenvalue weighted by atomic mass is 19.1. The highest BCUT2D eigenvalue weighted by Gasteiger charge is 2.13. The molecule has 1 aromatic carbocycles. The quantitative estimate of drug-likeness (QED) is 0.674. The van der Waals surface area contributed by atoms with Gasteiger partial charge in [-0.3, -0.25) is 0 Å². The molecule has 0 saturated heterocycles. The lowest BCUT2D eigenvalue weighted by Gasteiger charge is -2.06. The summed E-state index contributed by atoms with van der Waals surface area (Å²) in [5.41, 5.74) is 6.95. The predicted molar refractivity (Wildman–Crippen MR) is 52.3 cm³/mol. The molecule has 0 aliphatic carbocycles. The second kappa shape index (κ2) is 3.40. The standard InChI is InChI=1S/C10H11FN2O/c11-7-2-1-3-9-10(7)6(4-13-9)8(12)5-14/h1-4,8,13-14H,5,12H2. The van der Waals surface area contributed by atoms with Crippen molar-refractivity contribution in [3.05, 3.63) is 35.8 Å². The highest BCUT2D eigenvalue weighted by molar-refractivity contribution is 5.84. The lowest BCUT2D eigenvalue weighted by atomic mass is 10.1. The monoisotopic (exact) mass is 194 g/mol. The van der Waals surface area contributed by atoms with E-state index in [1.807, 2.05) is 0 Å². The van der Waals surface area contributed by atoms with Gasteiger partial charge in [0.1, 0.15) is 5.82 Å². The van der Waals surface area contributed by atoms with Crippen LogP contribution in [0, 0.1) is 5.82 Å². The number of aromatic nitrogens is 1. The van der Waals surface area contributed by atoms with E-state index >= 15 is 0 Å². The first-order valence-corrected chi connectivity index (χ1v) is 4.36. The molecular weight excluding hydrogens is 183 g/mol. The van der Waals surface area contributed by atoms with E-state index in [1.165, 1.54) is 6.07 Å².